The van der Waals surface area contributed by atoms with Crippen molar-refractivity contribution in [2.45, 2.75) is 12.3 Å². The highest BCUT2D eigenvalue weighted by Crippen LogP contribution is 2.11. The smallest absolute Gasteiger partial charge is 0.253 e. The van der Waals surface area contributed by atoms with Gasteiger partial charge in [0.1, 0.15) is 5.82 Å². The molecule has 1 aromatic carbocycles. The van der Waals surface area contributed by atoms with Crippen molar-refractivity contribution in [3.63, 3.8) is 0 Å². The number of alkyl halides is 1. The van der Waals surface area contributed by atoms with Gasteiger partial charge in [-0.2, -0.15) is 0 Å². The SMILES string of the molecule is COCC(Cl)CN(C)C(=O)c1cc(C)cc(F)c1. The molecule has 0 saturated carbocycles. The summed E-state index contributed by atoms with van der Waals surface area (Å²) in [6.07, 6.45) is 0. The molecular formula is C13H17ClFNO2. The Morgan fingerprint density at radius 3 is 2.72 bits per heavy atom. The van der Waals surface area contributed by atoms with E-state index in [0.29, 0.717) is 24.3 Å². The van der Waals surface area contributed by atoms with Gasteiger partial charge in [-0.3, -0.25) is 4.79 Å². The molecule has 0 radical (unpaired) electrons. The molecule has 0 aliphatic rings. The second-order valence-corrected chi connectivity index (χ2v) is 4.87. The number of halogens is 2. The molecule has 100 valence electrons. The van der Waals surface area contributed by atoms with E-state index in [4.69, 9.17) is 16.3 Å². The first-order valence-corrected chi connectivity index (χ1v) is 6.03. The Morgan fingerprint density at radius 2 is 2.17 bits per heavy atom. The molecule has 0 aliphatic heterocycles. The van der Waals surface area contributed by atoms with Crippen LogP contribution in [0.25, 0.3) is 0 Å². The van der Waals surface area contributed by atoms with Crippen LogP contribution in [0.4, 0.5) is 4.39 Å². The van der Waals surface area contributed by atoms with E-state index >= 15 is 0 Å². The van der Waals surface area contributed by atoms with Gasteiger partial charge in [0, 0.05) is 26.3 Å². The summed E-state index contributed by atoms with van der Waals surface area (Å²) in [6.45, 7) is 2.46. The molecule has 5 heteroatoms. The lowest BCUT2D eigenvalue weighted by Gasteiger charge is -2.20. The van der Waals surface area contributed by atoms with Crippen molar-refractivity contribution in [3.8, 4) is 0 Å². The number of nitrogens with zero attached hydrogens (tertiary/aromatic N) is 1. The fourth-order valence-electron chi connectivity index (χ4n) is 1.69. The van der Waals surface area contributed by atoms with Gasteiger partial charge in [0.15, 0.2) is 0 Å². The molecule has 0 fully saturated rings. The van der Waals surface area contributed by atoms with E-state index in [2.05, 4.69) is 0 Å². The standard InChI is InChI=1S/C13H17ClFNO2/c1-9-4-10(6-12(15)5-9)13(17)16(2)7-11(14)8-18-3/h4-6,11H,7-8H2,1-3H3. The van der Waals surface area contributed by atoms with Crippen molar-refractivity contribution < 1.29 is 13.9 Å². The summed E-state index contributed by atoms with van der Waals surface area (Å²) in [7, 11) is 3.18. The van der Waals surface area contributed by atoms with Crippen LogP contribution in [0, 0.1) is 12.7 Å². The van der Waals surface area contributed by atoms with E-state index in [1.807, 2.05) is 0 Å². The van der Waals surface area contributed by atoms with E-state index in [1.165, 1.54) is 17.0 Å². The van der Waals surface area contributed by atoms with Gasteiger partial charge in [-0.25, -0.2) is 4.39 Å². The highest BCUT2D eigenvalue weighted by Gasteiger charge is 2.16. The van der Waals surface area contributed by atoms with Gasteiger partial charge in [-0.1, -0.05) is 0 Å². The first-order chi connectivity index (χ1) is 8.43. The fraction of sp³-hybridized carbons (Fsp3) is 0.462. The van der Waals surface area contributed by atoms with Gasteiger partial charge in [-0.05, 0) is 30.7 Å². The highest BCUT2D eigenvalue weighted by atomic mass is 35.5. The Labute approximate surface area is 111 Å². The van der Waals surface area contributed by atoms with E-state index in [-0.39, 0.29) is 11.3 Å². The van der Waals surface area contributed by atoms with Gasteiger partial charge < -0.3 is 9.64 Å². The van der Waals surface area contributed by atoms with E-state index < -0.39 is 5.82 Å². The van der Waals surface area contributed by atoms with Gasteiger partial charge in [0.05, 0.1) is 12.0 Å². The Hall–Kier alpha value is -1.13. The Balaban J connectivity index is 2.74. The summed E-state index contributed by atoms with van der Waals surface area (Å²) < 4.78 is 18.1. The normalized spacial score (nSPS) is 12.3. The maximum absolute atomic E-state index is 13.2. The van der Waals surface area contributed by atoms with Crippen LogP contribution in [0.1, 0.15) is 15.9 Å². The maximum Gasteiger partial charge on any atom is 0.253 e. The van der Waals surface area contributed by atoms with Crippen molar-refractivity contribution in [3.05, 3.63) is 35.1 Å². The number of methoxy groups -OCH3 is 1. The molecule has 0 saturated heterocycles. The number of hydrogen-bond acceptors (Lipinski definition) is 2. The Kier molecular flexibility index (Phi) is 5.56. The van der Waals surface area contributed by atoms with Gasteiger partial charge in [0.2, 0.25) is 0 Å². The number of ether oxygens (including phenoxy) is 1. The Morgan fingerprint density at radius 1 is 1.50 bits per heavy atom. The minimum absolute atomic E-state index is 0.251. The number of benzene rings is 1. The van der Waals surface area contributed by atoms with Crippen molar-refractivity contribution >= 4 is 17.5 Å². The van der Waals surface area contributed by atoms with Crippen LogP contribution < -0.4 is 0 Å². The number of carbonyl (C=O) groups is 1. The molecular weight excluding hydrogens is 257 g/mol. The third kappa shape index (κ3) is 4.27. The quantitative estimate of drug-likeness (QED) is 0.772. The lowest BCUT2D eigenvalue weighted by atomic mass is 10.1. The van der Waals surface area contributed by atoms with Crippen LogP contribution in [0.3, 0.4) is 0 Å². The Bertz CT molecular complexity index is 405. The molecule has 0 bridgehead atoms. The zero-order valence-electron chi connectivity index (χ0n) is 10.7. The van der Waals surface area contributed by atoms with Crippen molar-refractivity contribution in [1.82, 2.24) is 4.90 Å². The monoisotopic (exact) mass is 273 g/mol. The maximum atomic E-state index is 13.2. The van der Waals surface area contributed by atoms with Crippen LogP contribution in [0.2, 0.25) is 0 Å². The van der Waals surface area contributed by atoms with Gasteiger partial charge >= 0.3 is 0 Å². The number of rotatable bonds is 5. The van der Waals surface area contributed by atoms with Crippen LogP contribution in [0.5, 0.6) is 0 Å². The van der Waals surface area contributed by atoms with Crippen LogP contribution in [0.15, 0.2) is 18.2 Å². The molecule has 3 nitrogen and oxygen atoms in total. The molecule has 0 aliphatic carbocycles. The van der Waals surface area contributed by atoms with E-state index in [9.17, 15) is 9.18 Å². The molecule has 1 unspecified atom stereocenters. The summed E-state index contributed by atoms with van der Waals surface area (Å²) in [4.78, 5) is 13.5. The minimum atomic E-state index is -0.411. The first kappa shape index (κ1) is 14.9. The zero-order valence-corrected chi connectivity index (χ0v) is 11.5. The first-order valence-electron chi connectivity index (χ1n) is 5.59. The summed E-state index contributed by atoms with van der Waals surface area (Å²) >= 11 is 5.98. The molecule has 1 atom stereocenters. The molecule has 18 heavy (non-hydrogen) atoms. The molecule has 0 heterocycles. The van der Waals surface area contributed by atoms with Gasteiger partial charge in [0.25, 0.3) is 5.91 Å². The van der Waals surface area contributed by atoms with Crippen LogP contribution in [-0.4, -0.2) is 43.5 Å². The molecule has 1 rings (SSSR count). The number of aryl methyl sites for hydroxylation is 1. The molecule has 1 aromatic rings. The number of carbonyl (C=O) groups excluding carboxylic acids is 1. The molecule has 0 aromatic heterocycles. The number of hydrogen-bond donors (Lipinski definition) is 0. The fourth-order valence-corrected chi connectivity index (χ4v) is 2.03. The largest absolute Gasteiger partial charge is 0.383 e. The second-order valence-electron chi connectivity index (χ2n) is 4.26. The summed E-state index contributed by atoms with van der Waals surface area (Å²) in [5.74, 6) is -0.662. The third-order valence-electron chi connectivity index (χ3n) is 2.46. The van der Waals surface area contributed by atoms with Crippen LogP contribution in [-0.2, 0) is 4.74 Å². The highest BCUT2D eigenvalue weighted by molar-refractivity contribution is 6.21. The average molecular weight is 274 g/mol. The predicted octanol–water partition coefficient (Wildman–Crippen LogP) is 2.46. The topological polar surface area (TPSA) is 29.5 Å². The van der Waals surface area contributed by atoms with Crippen molar-refractivity contribution in [2.75, 3.05) is 27.3 Å². The summed E-state index contributed by atoms with van der Waals surface area (Å²) in [5.41, 5.74) is 1.04. The summed E-state index contributed by atoms with van der Waals surface area (Å²) in [6, 6.07) is 4.26. The minimum Gasteiger partial charge on any atom is -0.383 e. The lowest BCUT2D eigenvalue weighted by molar-refractivity contribution is 0.0781. The van der Waals surface area contributed by atoms with Gasteiger partial charge in [-0.15, -0.1) is 11.6 Å². The van der Waals surface area contributed by atoms with E-state index in [1.54, 1.807) is 27.1 Å². The average Bonchev–Trinajstić information content (AvgIpc) is 2.26. The van der Waals surface area contributed by atoms with Crippen LogP contribution >= 0.6 is 11.6 Å². The molecule has 0 N–H and O–H groups in total. The molecule has 1 amide bonds. The van der Waals surface area contributed by atoms with E-state index in [0.717, 1.165) is 0 Å². The zero-order chi connectivity index (χ0) is 13.7. The van der Waals surface area contributed by atoms with Crippen molar-refractivity contribution in [2.24, 2.45) is 0 Å². The molecule has 0 spiro atoms. The third-order valence-corrected chi connectivity index (χ3v) is 2.72. The predicted molar refractivity (Wildman–Crippen MR) is 69.6 cm³/mol. The second kappa shape index (κ2) is 6.71. The van der Waals surface area contributed by atoms with Crippen molar-refractivity contribution in [1.29, 1.82) is 0 Å². The summed E-state index contributed by atoms with van der Waals surface area (Å²) in [5, 5.41) is -0.279. The number of amides is 1. The lowest BCUT2D eigenvalue weighted by Crippen LogP contribution is -2.34.